The van der Waals surface area contributed by atoms with Crippen molar-refractivity contribution in [2.75, 3.05) is 19.6 Å². The summed E-state index contributed by atoms with van der Waals surface area (Å²) in [4.78, 5) is 11.7. The second kappa shape index (κ2) is 3.74. The number of aliphatic hydroxyl groups excluding tert-OH is 1. The molecule has 2 aliphatic rings. The van der Waals surface area contributed by atoms with E-state index in [4.69, 9.17) is 0 Å². The van der Waals surface area contributed by atoms with E-state index in [1.807, 2.05) is 5.01 Å². The van der Waals surface area contributed by atoms with Gasteiger partial charge in [-0.2, -0.15) is 0 Å². The van der Waals surface area contributed by atoms with E-state index < -0.39 is 6.10 Å². The molecule has 80 valence electrons. The van der Waals surface area contributed by atoms with Gasteiger partial charge in [-0.3, -0.25) is 5.01 Å². The minimum atomic E-state index is -0.455. The van der Waals surface area contributed by atoms with Gasteiger partial charge in [-0.1, -0.05) is 0 Å². The van der Waals surface area contributed by atoms with E-state index in [0.29, 0.717) is 0 Å². The highest BCUT2D eigenvalue weighted by Gasteiger charge is 2.38. The van der Waals surface area contributed by atoms with Crippen molar-refractivity contribution in [2.24, 2.45) is 0 Å². The molecule has 5 heteroatoms. The third kappa shape index (κ3) is 1.57. The van der Waals surface area contributed by atoms with Crippen LogP contribution in [-0.2, 0) is 0 Å². The first-order valence-electron chi connectivity index (χ1n) is 5.20. The Balaban J connectivity index is 2.14. The van der Waals surface area contributed by atoms with Crippen LogP contribution in [-0.4, -0.2) is 52.9 Å². The van der Waals surface area contributed by atoms with Crippen molar-refractivity contribution in [1.29, 1.82) is 0 Å². The van der Waals surface area contributed by atoms with Crippen LogP contribution in [0.4, 0.5) is 4.79 Å². The number of amides is 2. The summed E-state index contributed by atoms with van der Waals surface area (Å²) in [6.07, 6.45) is 1.39. The fraction of sp³-hybridized carbons (Fsp3) is 0.889. The Kier molecular flexibility index (Phi) is 2.60. The van der Waals surface area contributed by atoms with Gasteiger partial charge in [0.05, 0.1) is 12.1 Å². The van der Waals surface area contributed by atoms with Gasteiger partial charge in [0.25, 0.3) is 0 Å². The largest absolute Gasteiger partial charge is 0.391 e. The number of nitrogens with one attached hydrogen (secondary N) is 1. The summed E-state index contributed by atoms with van der Waals surface area (Å²) < 4.78 is 0. The van der Waals surface area contributed by atoms with E-state index in [1.165, 1.54) is 0 Å². The summed E-state index contributed by atoms with van der Waals surface area (Å²) in [5.74, 6) is 0. The molecule has 2 atom stereocenters. The Bertz CT molecular complexity index is 232. The Morgan fingerprint density at radius 3 is 3.07 bits per heavy atom. The monoisotopic (exact) mass is 199 g/mol. The number of urea groups is 1. The van der Waals surface area contributed by atoms with Crippen LogP contribution in [0, 0.1) is 0 Å². The Morgan fingerprint density at radius 2 is 2.36 bits per heavy atom. The maximum absolute atomic E-state index is 11.7. The highest BCUT2D eigenvalue weighted by Crippen LogP contribution is 2.22. The minimum Gasteiger partial charge on any atom is -0.391 e. The molecular weight excluding hydrogens is 182 g/mol. The quantitative estimate of drug-likeness (QED) is 0.613. The Hall–Kier alpha value is -0.810. The SMILES string of the molecule is CC(O)C1CCN2CCCNC(=O)N12. The summed E-state index contributed by atoms with van der Waals surface area (Å²) in [7, 11) is 0. The van der Waals surface area contributed by atoms with Gasteiger partial charge in [0.2, 0.25) is 0 Å². The molecule has 2 fully saturated rings. The third-order valence-electron chi connectivity index (χ3n) is 2.94. The molecule has 0 aliphatic carbocycles. The number of carbonyl (C=O) groups excluding carboxylic acids is 1. The molecule has 0 aromatic heterocycles. The Morgan fingerprint density at radius 1 is 1.57 bits per heavy atom. The van der Waals surface area contributed by atoms with Crippen LogP contribution in [0.1, 0.15) is 19.8 Å². The average Bonchev–Trinajstić information content (AvgIpc) is 2.48. The summed E-state index contributed by atoms with van der Waals surface area (Å²) in [5.41, 5.74) is 0. The van der Waals surface area contributed by atoms with E-state index in [0.717, 1.165) is 32.5 Å². The summed E-state index contributed by atoms with van der Waals surface area (Å²) in [6, 6.07) is -0.112. The molecule has 2 heterocycles. The lowest BCUT2D eigenvalue weighted by Gasteiger charge is -2.31. The average molecular weight is 199 g/mol. The lowest BCUT2D eigenvalue weighted by atomic mass is 10.1. The van der Waals surface area contributed by atoms with Gasteiger partial charge in [-0.15, -0.1) is 0 Å². The van der Waals surface area contributed by atoms with E-state index in [1.54, 1.807) is 11.9 Å². The van der Waals surface area contributed by atoms with E-state index in [2.05, 4.69) is 5.32 Å². The van der Waals surface area contributed by atoms with Crippen molar-refractivity contribution in [3.05, 3.63) is 0 Å². The molecule has 0 aromatic rings. The predicted molar refractivity (Wildman–Crippen MR) is 51.5 cm³/mol. The zero-order valence-electron chi connectivity index (χ0n) is 8.44. The van der Waals surface area contributed by atoms with E-state index >= 15 is 0 Å². The summed E-state index contributed by atoms with van der Waals surface area (Å²) in [5, 5.41) is 16.1. The molecule has 2 unspecified atom stereocenters. The van der Waals surface area contributed by atoms with Crippen LogP contribution in [0.2, 0.25) is 0 Å². The van der Waals surface area contributed by atoms with Crippen LogP contribution >= 0.6 is 0 Å². The smallest absolute Gasteiger partial charge is 0.332 e. The van der Waals surface area contributed by atoms with Crippen LogP contribution in [0.15, 0.2) is 0 Å². The van der Waals surface area contributed by atoms with Crippen LogP contribution in [0.3, 0.4) is 0 Å². The molecule has 0 radical (unpaired) electrons. The zero-order chi connectivity index (χ0) is 10.1. The predicted octanol–water partition coefficient (Wildman–Crippen LogP) is -0.228. The molecule has 2 rings (SSSR count). The van der Waals surface area contributed by atoms with Crippen LogP contribution in [0.5, 0.6) is 0 Å². The molecule has 14 heavy (non-hydrogen) atoms. The first-order valence-corrected chi connectivity index (χ1v) is 5.20. The number of fused-ring (bicyclic) bond motifs is 1. The molecule has 2 saturated heterocycles. The molecular formula is C9H17N3O2. The second-order valence-electron chi connectivity index (χ2n) is 3.98. The van der Waals surface area contributed by atoms with Gasteiger partial charge in [0.15, 0.2) is 0 Å². The molecule has 5 nitrogen and oxygen atoms in total. The number of hydrogen-bond donors (Lipinski definition) is 2. The number of nitrogens with zero attached hydrogens (tertiary/aromatic N) is 2. The number of rotatable bonds is 1. The van der Waals surface area contributed by atoms with Gasteiger partial charge in [-0.25, -0.2) is 9.80 Å². The fourth-order valence-electron chi connectivity index (χ4n) is 2.20. The van der Waals surface area contributed by atoms with Crippen molar-refractivity contribution in [3.8, 4) is 0 Å². The topological polar surface area (TPSA) is 55.8 Å². The van der Waals surface area contributed by atoms with E-state index in [9.17, 15) is 9.90 Å². The van der Waals surface area contributed by atoms with Crippen LogP contribution in [0.25, 0.3) is 0 Å². The number of hydrazine groups is 1. The van der Waals surface area contributed by atoms with Gasteiger partial charge < -0.3 is 10.4 Å². The molecule has 2 amide bonds. The van der Waals surface area contributed by atoms with Crippen molar-refractivity contribution >= 4 is 6.03 Å². The number of aliphatic hydroxyl groups is 1. The Labute approximate surface area is 83.6 Å². The van der Waals surface area contributed by atoms with Crippen molar-refractivity contribution < 1.29 is 9.90 Å². The van der Waals surface area contributed by atoms with Gasteiger partial charge in [-0.05, 0) is 19.8 Å². The lowest BCUT2D eigenvalue weighted by Crippen LogP contribution is -2.51. The van der Waals surface area contributed by atoms with Gasteiger partial charge in [0.1, 0.15) is 0 Å². The van der Waals surface area contributed by atoms with Crippen molar-refractivity contribution in [3.63, 3.8) is 0 Å². The molecule has 2 aliphatic heterocycles. The molecule has 0 bridgehead atoms. The first kappa shape index (κ1) is 9.73. The second-order valence-corrected chi connectivity index (χ2v) is 3.98. The zero-order valence-corrected chi connectivity index (χ0v) is 8.44. The lowest BCUT2D eigenvalue weighted by molar-refractivity contribution is 0.00341. The maximum atomic E-state index is 11.7. The first-order chi connectivity index (χ1) is 6.70. The van der Waals surface area contributed by atoms with Gasteiger partial charge >= 0.3 is 6.03 Å². The minimum absolute atomic E-state index is 0.0481. The standard InChI is InChI=1S/C9H17N3O2/c1-7(13)8-3-6-11-5-2-4-10-9(14)12(8)11/h7-8,13H,2-6H2,1H3,(H,10,14). The maximum Gasteiger partial charge on any atom is 0.332 e. The molecule has 0 spiro atoms. The van der Waals surface area contributed by atoms with Gasteiger partial charge in [0, 0.05) is 19.6 Å². The molecule has 0 aromatic carbocycles. The van der Waals surface area contributed by atoms with Crippen molar-refractivity contribution in [1.82, 2.24) is 15.3 Å². The highest BCUT2D eigenvalue weighted by molar-refractivity contribution is 5.74. The summed E-state index contributed by atoms with van der Waals surface area (Å²) in [6.45, 7) is 4.26. The summed E-state index contributed by atoms with van der Waals surface area (Å²) >= 11 is 0. The van der Waals surface area contributed by atoms with Crippen molar-refractivity contribution in [2.45, 2.75) is 31.9 Å². The normalized spacial score (nSPS) is 30.9. The van der Waals surface area contributed by atoms with E-state index in [-0.39, 0.29) is 12.1 Å². The molecule has 0 saturated carbocycles. The third-order valence-corrected chi connectivity index (χ3v) is 2.94. The highest BCUT2D eigenvalue weighted by atomic mass is 16.3. The molecule has 2 N–H and O–H groups in total. The fourth-order valence-corrected chi connectivity index (χ4v) is 2.20. The number of carbonyl (C=O) groups is 1. The number of hydrogen-bond acceptors (Lipinski definition) is 3. The van der Waals surface area contributed by atoms with Crippen LogP contribution < -0.4 is 5.32 Å².